The Labute approximate surface area is 164 Å². The van der Waals surface area contributed by atoms with Crippen LogP contribution >= 0.6 is 24.0 Å². The SMILES string of the molecule is I.N#Cc1ccc(F)c(CN=C(N)Nc2cccc3c2CCCC3)c1. The summed E-state index contributed by atoms with van der Waals surface area (Å²) in [5.74, 6) is -0.140. The number of nitrogens with zero attached hydrogens (tertiary/aromatic N) is 2. The maximum atomic E-state index is 13.8. The smallest absolute Gasteiger partial charge is 0.193 e. The van der Waals surface area contributed by atoms with Gasteiger partial charge in [-0.3, -0.25) is 0 Å². The Morgan fingerprint density at radius 2 is 2.04 bits per heavy atom. The zero-order valence-electron chi connectivity index (χ0n) is 13.8. The molecule has 0 heterocycles. The molecule has 130 valence electrons. The Balaban J connectivity index is 0.00000225. The number of nitrogens with two attached hydrogens (primary N) is 1. The molecule has 0 fully saturated rings. The van der Waals surface area contributed by atoms with Crippen LogP contribution in [0.4, 0.5) is 10.1 Å². The van der Waals surface area contributed by atoms with E-state index >= 15 is 0 Å². The third-order valence-electron chi connectivity index (χ3n) is 4.25. The fourth-order valence-corrected chi connectivity index (χ4v) is 3.01. The fourth-order valence-electron chi connectivity index (χ4n) is 3.01. The number of halogens is 2. The van der Waals surface area contributed by atoms with Gasteiger partial charge in [0, 0.05) is 11.3 Å². The molecule has 3 N–H and O–H groups in total. The van der Waals surface area contributed by atoms with Crippen LogP contribution in [0.2, 0.25) is 0 Å². The highest BCUT2D eigenvalue weighted by molar-refractivity contribution is 14.0. The molecule has 0 atom stereocenters. The van der Waals surface area contributed by atoms with Gasteiger partial charge < -0.3 is 11.1 Å². The molecule has 0 saturated carbocycles. The van der Waals surface area contributed by atoms with Crippen LogP contribution in [-0.4, -0.2) is 5.96 Å². The third-order valence-corrected chi connectivity index (χ3v) is 4.25. The molecule has 0 aliphatic heterocycles. The van der Waals surface area contributed by atoms with Crippen molar-refractivity contribution in [2.45, 2.75) is 32.2 Å². The van der Waals surface area contributed by atoms with Crippen LogP contribution in [0, 0.1) is 17.1 Å². The summed E-state index contributed by atoms with van der Waals surface area (Å²) in [6.45, 7) is 0.0925. The van der Waals surface area contributed by atoms with Gasteiger partial charge >= 0.3 is 0 Å². The largest absolute Gasteiger partial charge is 0.370 e. The van der Waals surface area contributed by atoms with Crippen molar-refractivity contribution in [3.05, 3.63) is 64.5 Å². The zero-order valence-corrected chi connectivity index (χ0v) is 16.1. The van der Waals surface area contributed by atoms with Crippen molar-refractivity contribution >= 4 is 35.6 Å². The summed E-state index contributed by atoms with van der Waals surface area (Å²) in [5, 5.41) is 12.0. The molecule has 6 heteroatoms. The number of fused-ring (bicyclic) bond motifs is 1. The molecule has 0 spiro atoms. The van der Waals surface area contributed by atoms with Gasteiger partial charge in [0.15, 0.2) is 5.96 Å². The van der Waals surface area contributed by atoms with E-state index in [1.54, 1.807) is 0 Å². The van der Waals surface area contributed by atoms with Crippen LogP contribution in [0.15, 0.2) is 41.4 Å². The summed E-state index contributed by atoms with van der Waals surface area (Å²) in [5.41, 5.74) is 10.3. The summed E-state index contributed by atoms with van der Waals surface area (Å²) >= 11 is 0. The molecule has 0 unspecified atom stereocenters. The van der Waals surface area contributed by atoms with Gasteiger partial charge in [-0.1, -0.05) is 12.1 Å². The molecule has 2 aromatic carbocycles. The van der Waals surface area contributed by atoms with Crippen molar-refractivity contribution in [1.29, 1.82) is 5.26 Å². The van der Waals surface area contributed by atoms with Gasteiger partial charge in [0.1, 0.15) is 5.82 Å². The lowest BCUT2D eigenvalue weighted by molar-refractivity contribution is 0.610. The summed E-state index contributed by atoms with van der Waals surface area (Å²) in [7, 11) is 0. The quantitative estimate of drug-likeness (QED) is 0.420. The number of aryl methyl sites for hydroxylation is 1. The predicted molar refractivity (Wildman–Crippen MR) is 109 cm³/mol. The number of benzene rings is 2. The molecule has 0 radical (unpaired) electrons. The first kappa shape index (κ1) is 19.2. The second kappa shape index (κ2) is 8.81. The fraction of sp³-hybridized carbons (Fsp3) is 0.263. The first-order chi connectivity index (χ1) is 11.7. The molecular formula is C19H20FIN4. The van der Waals surface area contributed by atoms with Crippen LogP contribution < -0.4 is 11.1 Å². The topological polar surface area (TPSA) is 74.2 Å². The van der Waals surface area contributed by atoms with Gasteiger partial charge in [-0.15, -0.1) is 24.0 Å². The zero-order chi connectivity index (χ0) is 16.9. The van der Waals surface area contributed by atoms with E-state index in [9.17, 15) is 4.39 Å². The van der Waals surface area contributed by atoms with E-state index in [1.807, 2.05) is 18.2 Å². The Morgan fingerprint density at radius 1 is 1.24 bits per heavy atom. The number of guanidine groups is 1. The molecule has 0 bridgehead atoms. The second-order valence-electron chi connectivity index (χ2n) is 5.89. The van der Waals surface area contributed by atoms with E-state index in [0.717, 1.165) is 18.5 Å². The molecule has 25 heavy (non-hydrogen) atoms. The highest BCUT2D eigenvalue weighted by Gasteiger charge is 2.13. The van der Waals surface area contributed by atoms with Crippen LogP contribution in [0.25, 0.3) is 0 Å². The number of aliphatic imine (C=N–C) groups is 1. The lowest BCUT2D eigenvalue weighted by Gasteiger charge is -2.19. The second-order valence-corrected chi connectivity index (χ2v) is 5.89. The summed E-state index contributed by atoms with van der Waals surface area (Å²) in [4.78, 5) is 4.21. The van der Waals surface area contributed by atoms with Gasteiger partial charge in [0.25, 0.3) is 0 Å². The van der Waals surface area contributed by atoms with Crippen LogP contribution in [0.5, 0.6) is 0 Å². The maximum Gasteiger partial charge on any atom is 0.193 e. The van der Waals surface area contributed by atoms with Crippen molar-refractivity contribution in [1.82, 2.24) is 0 Å². The number of hydrogen-bond acceptors (Lipinski definition) is 2. The number of nitrogens with one attached hydrogen (secondary N) is 1. The number of rotatable bonds is 3. The van der Waals surface area contributed by atoms with Crippen LogP contribution in [0.3, 0.4) is 0 Å². The lowest BCUT2D eigenvalue weighted by atomic mass is 9.90. The van der Waals surface area contributed by atoms with Crippen molar-refractivity contribution in [3.8, 4) is 6.07 Å². The number of anilines is 1. The number of hydrogen-bond donors (Lipinski definition) is 2. The minimum Gasteiger partial charge on any atom is -0.370 e. The molecule has 0 aromatic heterocycles. The first-order valence-electron chi connectivity index (χ1n) is 8.03. The Bertz CT molecular complexity index is 827. The minimum absolute atomic E-state index is 0. The van der Waals surface area contributed by atoms with E-state index in [2.05, 4.69) is 16.4 Å². The Hall–Kier alpha value is -2.14. The third kappa shape index (κ3) is 4.69. The minimum atomic E-state index is -0.386. The highest BCUT2D eigenvalue weighted by Crippen LogP contribution is 2.27. The summed E-state index contributed by atoms with van der Waals surface area (Å²) in [6.07, 6.45) is 4.52. The molecule has 1 aliphatic rings. The Kier molecular flexibility index (Phi) is 6.76. The van der Waals surface area contributed by atoms with Crippen molar-refractivity contribution in [2.24, 2.45) is 10.7 Å². The maximum absolute atomic E-state index is 13.8. The van der Waals surface area contributed by atoms with Gasteiger partial charge in [-0.2, -0.15) is 5.26 Å². The number of nitriles is 1. The Morgan fingerprint density at radius 3 is 2.84 bits per heavy atom. The van der Waals surface area contributed by atoms with Gasteiger partial charge in [-0.05, 0) is 61.1 Å². The first-order valence-corrected chi connectivity index (χ1v) is 8.03. The molecule has 0 amide bonds. The molecule has 0 saturated heterocycles. The van der Waals surface area contributed by atoms with Crippen molar-refractivity contribution in [3.63, 3.8) is 0 Å². The lowest BCUT2D eigenvalue weighted by Crippen LogP contribution is -2.24. The predicted octanol–water partition coefficient (Wildman–Crippen LogP) is 4.12. The highest BCUT2D eigenvalue weighted by atomic mass is 127. The molecule has 2 aromatic rings. The van der Waals surface area contributed by atoms with Crippen molar-refractivity contribution < 1.29 is 4.39 Å². The normalized spacial score (nSPS) is 13.4. The molecular weight excluding hydrogens is 430 g/mol. The average molecular weight is 450 g/mol. The van der Waals surface area contributed by atoms with Gasteiger partial charge in [0.05, 0.1) is 18.2 Å². The van der Waals surface area contributed by atoms with Crippen molar-refractivity contribution in [2.75, 3.05) is 5.32 Å². The average Bonchev–Trinajstić information content (AvgIpc) is 2.61. The van der Waals surface area contributed by atoms with E-state index in [1.165, 1.54) is 42.2 Å². The van der Waals surface area contributed by atoms with E-state index in [0.29, 0.717) is 11.1 Å². The van der Waals surface area contributed by atoms with E-state index in [4.69, 9.17) is 11.0 Å². The van der Waals surface area contributed by atoms with Gasteiger partial charge in [-0.25, -0.2) is 9.38 Å². The summed E-state index contributed by atoms with van der Waals surface area (Å²) < 4.78 is 13.8. The van der Waals surface area contributed by atoms with Crippen LogP contribution in [0.1, 0.15) is 35.1 Å². The standard InChI is InChI=1S/C19H19FN4.HI/c20-17-9-8-13(11-21)10-15(17)12-23-19(22)24-18-7-3-5-14-4-1-2-6-16(14)18;/h3,5,7-10H,1-2,4,6,12H2,(H3,22,23,24);1H. The molecule has 3 rings (SSSR count). The molecule has 4 nitrogen and oxygen atoms in total. The van der Waals surface area contributed by atoms with Gasteiger partial charge in [0.2, 0.25) is 0 Å². The van der Waals surface area contributed by atoms with Crippen LogP contribution in [-0.2, 0) is 19.4 Å². The molecule has 1 aliphatic carbocycles. The van der Waals surface area contributed by atoms with E-state index < -0.39 is 0 Å². The summed E-state index contributed by atoms with van der Waals surface area (Å²) in [6, 6.07) is 12.4. The van der Waals surface area contributed by atoms with E-state index in [-0.39, 0.29) is 42.3 Å². The monoisotopic (exact) mass is 450 g/mol.